The lowest BCUT2D eigenvalue weighted by Crippen LogP contribution is -2.14. The van der Waals surface area contributed by atoms with E-state index in [4.69, 9.17) is 0 Å². The van der Waals surface area contributed by atoms with Crippen molar-refractivity contribution < 1.29 is 0 Å². The summed E-state index contributed by atoms with van der Waals surface area (Å²) in [6.45, 7) is 9.17. The number of nitrogens with one attached hydrogen (secondary N) is 1. The van der Waals surface area contributed by atoms with Crippen LogP contribution in [0, 0.1) is 5.41 Å². The number of likely N-dealkylation sites (N-methyl/N-ethyl adjacent to an activating group) is 1. The van der Waals surface area contributed by atoms with E-state index in [2.05, 4.69) is 64.3 Å². The van der Waals surface area contributed by atoms with Gasteiger partial charge in [0, 0.05) is 12.0 Å². The maximum absolute atomic E-state index is 3.42. The monoisotopic (exact) mass is 217 g/mol. The highest BCUT2D eigenvalue weighted by molar-refractivity contribution is 5.36. The predicted octanol–water partition coefficient (Wildman–Crippen LogP) is 3.52. The Morgan fingerprint density at radius 1 is 1.12 bits per heavy atom. The van der Waals surface area contributed by atoms with Crippen LogP contribution in [0.4, 0.5) is 0 Å². The van der Waals surface area contributed by atoms with Crippen LogP contribution in [0.1, 0.15) is 50.7 Å². The van der Waals surface area contributed by atoms with E-state index in [1.165, 1.54) is 11.1 Å². The summed E-state index contributed by atoms with van der Waals surface area (Å²) >= 11 is 0. The first-order valence-electron chi connectivity index (χ1n) is 6.25. The first-order valence-corrected chi connectivity index (χ1v) is 6.25. The summed E-state index contributed by atoms with van der Waals surface area (Å²) in [4.78, 5) is 0. The second-order valence-corrected chi connectivity index (χ2v) is 5.89. The SMILES string of the molecule is CNC1C(c2ccc(C(C)C)cc2)C1(C)C. The van der Waals surface area contributed by atoms with E-state index in [0.29, 0.717) is 23.3 Å². The quantitative estimate of drug-likeness (QED) is 0.817. The molecule has 88 valence electrons. The minimum absolute atomic E-state index is 0.411. The third kappa shape index (κ3) is 1.78. The molecular weight excluding hydrogens is 194 g/mol. The zero-order valence-electron chi connectivity index (χ0n) is 11.0. The molecule has 1 aliphatic rings. The molecule has 0 bridgehead atoms. The normalized spacial score (nSPS) is 27.1. The molecular formula is C15H23N. The standard InChI is InChI=1S/C15H23N/c1-10(2)11-6-8-12(9-7-11)13-14(16-5)15(13,3)4/h6-10,13-14,16H,1-5H3. The average Bonchev–Trinajstić information content (AvgIpc) is 2.80. The van der Waals surface area contributed by atoms with Crippen molar-refractivity contribution in [2.24, 2.45) is 5.41 Å². The van der Waals surface area contributed by atoms with Gasteiger partial charge in [-0.3, -0.25) is 0 Å². The average molecular weight is 217 g/mol. The molecule has 0 spiro atoms. The lowest BCUT2D eigenvalue weighted by molar-refractivity contribution is 0.567. The molecule has 0 saturated heterocycles. The van der Waals surface area contributed by atoms with Crippen LogP contribution in [0.25, 0.3) is 0 Å². The summed E-state index contributed by atoms with van der Waals surface area (Å²) in [5, 5.41) is 3.42. The molecule has 2 unspecified atom stereocenters. The number of benzene rings is 1. The molecule has 1 nitrogen and oxygen atoms in total. The van der Waals surface area contributed by atoms with Gasteiger partial charge in [-0.15, -0.1) is 0 Å². The van der Waals surface area contributed by atoms with Crippen molar-refractivity contribution in [1.82, 2.24) is 5.32 Å². The minimum Gasteiger partial charge on any atom is -0.316 e. The fraction of sp³-hybridized carbons (Fsp3) is 0.600. The molecule has 2 rings (SSSR count). The fourth-order valence-electron chi connectivity index (χ4n) is 2.89. The van der Waals surface area contributed by atoms with E-state index in [0.717, 1.165) is 0 Å². The minimum atomic E-state index is 0.411. The van der Waals surface area contributed by atoms with Gasteiger partial charge in [0.25, 0.3) is 0 Å². The van der Waals surface area contributed by atoms with Crippen LogP contribution in [0.5, 0.6) is 0 Å². The lowest BCUT2D eigenvalue weighted by atomic mass is 9.98. The van der Waals surface area contributed by atoms with Crippen molar-refractivity contribution in [2.45, 2.75) is 45.6 Å². The van der Waals surface area contributed by atoms with Crippen LogP contribution < -0.4 is 5.32 Å². The van der Waals surface area contributed by atoms with Gasteiger partial charge in [0.15, 0.2) is 0 Å². The molecule has 1 aromatic carbocycles. The number of hydrogen-bond donors (Lipinski definition) is 1. The topological polar surface area (TPSA) is 12.0 Å². The van der Waals surface area contributed by atoms with Gasteiger partial charge in [0.05, 0.1) is 0 Å². The zero-order valence-corrected chi connectivity index (χ0v) is 11.0. The molecule has 0 radical (unpaired) electrons. The van der Waals surface area contributed by atoms with Crippen LogP contribution in [0.15, 0.2) is 24.3 Å². The second kappa shape index (κ2) is 3.89. The summed E-state index contributed by atoms with van der Waals surface area (Å²) in [5.74, 6) is 1.31. The van der Waals surface area contributed by atoms with E-state index < -0.39 is 0 Å². The predicted molar refractivity (Wildman–Crippen MR) is 69.9 cm³/mol. The third-order valence-corrected chi connectivity index (χ3v) is 4.10. The smallest absolute Gasteiger partial charge is 0.0196 e. The van der Waals surface area contributed by atoms with E-state index in [-0.39, 0.29) is 0 Å². The van der Waals surface area contributed by atoms with Crippen molar-refractivity contribution in [1.29, 1.82) is 0 Å². The molecule has 2 atom stereocenters. The molecule has 0 amide bonds. The molecule has 1 saturated carbocycles. The molecule has 0 aliphatic heterocycles. The number of rotatable bonds is 3. The molecule has 16 heavy (non-hydrogen) atoms. The largest absolute Gasteiger partial charge is 0.316 e. The van der Waals surface area contributed by atoms with E-state index in [1.54, 1.807) is 0 Å². The molecule has 1 aliphatic carbocycles. The van der Waals surface area contributed by atoms with Crippen LogP contribution in [0.3, 0.4) is 0 Å². The Balaban J connectivity index is 2.18. The summed E-state index contributed by atoms with van der Waals surface area (Å²) in [7, 11) is 2.06. The van der Waals surface area contributed by atoms with Gasteiger partial charge in [0.1, 0.15) is 0 Å². The third-order valence-electron chi connectivity index (χ3n) is 4.10. The first kappa shape index (κ1) is 11.7. The van der Waals surface area contributed by atoms with Crippen molar-refractivity contribution in [3.8, 4) is 0 Å². The van der Waals surface area contributed by atoms with Crippen molar-refractivity contribution in [3.05, 3.63) is 35.4 Å². The van der Waals surface area contributed by atoms with Crippen LogP contribution in [-0.2, 0) is 0 Å². The Bertz CT molecular complexity index is 362. The highest BCUT2D eigenvalue weighted by Gasteiger charge is 2.57. The van der Waals surface area contributed by atoms with E-state index >= 15 is 0 Å². The number of hydrogen-bond acceptors (Lipinski definition) is 1. The van der Waals surface area contributed by atoms with Gasteiger partial charge in [-0.05, 0) is 29.5 Å². The second-order valence-electron chi connectivity index (χ2n) is 5.89. The summed E-state index contributed by atoms with van der Waals surface area (Å²) in [5.41, 5.74) is 3.32. The Morgan fingerprint density at radius 3 is 2.06 bits per heavy atom. The first-order chi connectivity index (χ1) is 7.48. The molecule has 0 heterocycles. The lowest BCUT2D eigenvalue weighted by Gasteiger charge is -2.07. The zero-order chi connectivity index (χ0) is 11.9. The van der Waals surface area contributed by atoms with E-state index in [1.807, 2.05) is 0 Å². The van der Waals surface area contributed by atoms with Crippen LogP contribution in [0.2, 0.25) is 0 Å². The molecule has 1 aromatic rings. The van der Waals surface area contributed by atoms with Gasteiger partial charge < -0.3 is 5.32 Å². The highest BCUT2D eigenvalue weighted by atomic mass is 15.0. The molecule has 0 aromatic heterocycles. The van der Waals surface area contributed by atoms with Crippen molar-refractivity contribution >= 4 is 0 Å². The molecule has 1 fully saturated rings. The van der Waals surface area contributed by atoms with Gasteiger partial charge in [0.2, 0.25) is 0 Å². The Kier molecular flexibility index (Phi) is 2.83. The Labute approximate surface area is 99.3 Å². The van der Waals surface area contributed by atoms with E-state index in [9.17, 15) is 0 Å². The fourth-order valence-corrected chi connectivity index (χ4v) is 2.89. The van der Waals surface area contributed by atoms with Gasteiger partial charge in [-0.1, -0.05) is 52.0 Å². The summed E-state index contributed by atoms with van der Waals surface area (Å²) in [6, 6.07) is 9.80. The van der Waals surface area contributed by atoms with Crippen LogP contribution in [-0.4, -0.2) is 13.1 Å². The maximum Gasteiger partial charge on any atom is 0.0196 e. The van der Waals surface area contributed by atoms with Gasteiger partial charge in [-0.2, -0.15) is 0 Å². The van der Waals surface area contributed by atoms with Crippen molar-refractivity contribution in [2.75, 3.05) is 7.05 Å². The Hall–Kier alpha value is -0.820. The van der Waals surface area contributed by atoms with Crippen LogP contribution >= 0.6 is 0 Å². The maximum atomic E-state index is 3.42. The van der Waals surface area contributed by atoms with Gasteiger partial charge >= 0.3 is 0 Å². The molecule has 1 heteroatoms. The van der Waals surface area contributed by atoms with Crippen molar-refractivity contribution in [3.63, 3.8) is 0 Å². The highest BCUT2D eigenvalue weighted by Crippen LogP contribution is 2.58. The summed E-state index contributed by atoms with van der Waals surface area (Å²) < 4.78 is 0. The summed E-state index contributed by atoms with van der Waals surface area (Å²) in [6.07, 6.45) is 0. The Morgan fingerprint density at radius 2 is 1.69 bits per heavy atom. The van der Waals surface area contributed by atoms with Gasteiger partial charge in [-0.25, -0.2) is 0 Å². The molecule has 1 N–H and O–H groups in total.